The van der Waals surface area contributed by atoms with Gasteiger partial charge in [0.15, 0.2) is 0 Å². The molecule has 6 heteroatoms. The van der Waals surface area contributed by atoms with Crippen LogP contribution in [0.1, 0.15) is 32.8 Å². The first kappa shape index (κ1) is 16.5. The number of fused-ring (bicyclic) bond motifs is 1. The number of hydrogen-bond donors (Lipinski definition) is 2. The molecule has 0 radical (unpaired) electrons. The molecule has 0 fully saturated rings. The minimum absolute atomic E-state index is 0.108. The van der Waals surface area contributed by atoms with Crippen LogP contribution in [0.4, 0.5) is 10.5 Å². The van der Waals surface area contributed by atoms with Gasteiger partial charge < -0.3 is 20.1 Å². The zero-order valence-corrected chi connectivity index (χ0v) is 14.2. The molecule has 0 saturated heterocycles. The zero-order chi connectivity index (χ0) is 16.3. The topological polar surface area (TPSA) is 59.6 Å². The van der Waals surface area contributed by atoms with Crippen LogP contribution in [0, 0.1) is 0 Å². The summed E-state index contributed by atoms with van der Waals surface area (Å²) >= 11 is 5.33. The van der Waals surface area contributed by atoms with E-state index in [4.69, 9.17) is 21.7 Å². The summed E-state index contributed by atoms with van der Waals surface area (Å²) in [5, 5.41) is 6.10. The van der Waals surface area contributed by atoms with E-state index >= 15 is 0 Å². The Morgan fingerprint density at radius 2 is 2.09 bits per heavy atom. The number of carbonyl (C=O) groups is 1. The van der Waals surface area contributed by atoms with Crippen molar-refractivity contribution in [1.82, 2.24) is 5.32 Å². The highest BCUT2D eigenvalue weighted by Gasteiger charge is 2.24. The number of ether oxygens (including phenoxy) is 2. The fourth-order valence-corrected chi connectivity index (χ4v) is 2.64. The van der Waals surface area contributed by atoms with Gasteiger partial charge in [0, 0.05) is 18.2 Å². The first-order chi connectivity index (χ1) is 10.3. The summed E-state index contributed by atoms with van der Waals surface area (Å²) < 4.78 is 10.6. The Morgan fingerprint density at radius 3 is 2.73 bits per heavy atom. The molecule has 1 aliphatic rings. The summed E-state index contributed by atoms with van der Waals surface area (Å²) in [6.45, 7) is 5.52. The van der Waals surface area contributed by atoms with Crippen LogP contribution in [-0.4, -0.2) is 29.8 Å². The van der Waals surface area contributed by atoms with Crippen molar-refractivity contribution in [3.05, 3.63) is 23.8 Å². The number of nitrogens with one attached hydrogen (secondary N) is 2. The molecule has 0 aliphatic carbocycles. The molecule has 1 unspecified atom stereocenters. The number of methoxy groups -OCH3 is 1. The van der Waals surface area contributed by atoms with Crippen LogP contribution in [0.5, 0.6) is 5.75 Å². The summed E-state index contributed by atoms with van der Waals surface area (Å²) in [6, 6.07) is 5.68. The number of hydrogen-bond acceptors (Lipinski definition) is 4. The van der Waals surface area contributed by atoms with E-state index in [9.17, 15) is 4.79 Å². The average Bonchev–Trinajstić information content (AvgIpc) is 2.52. The number of alkyl carbamates (subject to hydrolysis) is 1. The van der Waals surface area contributed by atoms with Gasteiger partial charge in [-0.1, -0.05) is 12.2 Å². The fraction of sp³-hybridized carbons (Fsp3) is 0.500. The fourth-order valence-electron chi connectivity index (χ4n) is 2.33. The Morgan fingerprint density at radius 1 is 1.36 bits per heavy atom. The SMILES string of the molecule is COc1ccc2c(c1)CC(NC(=O)OC(C)(C)C)CC(=S)N2. The molecule has 0 spiro atoms. The predicted octanol–water partition coefficient (Wildman–Crippen LogP) is 3.27. The van der Waals surface area contributed by atoms with Crippen molar-refractivity contribution in [2.75, 3.05) is 12.4 Å². The molecule has 22 heavy (non-hydrogen) atoms. The van der Waals surface area contributed by atoms with Crippen molar-refractivity contribution >= 4 is 29.0 Å². The molecule has 2 rings (SSSR count). The van der Waals surface area contributed by atoms with Crippen molar-refractivity contribution in [1.29, 1.82) is 0 Å². The van der Waals surface area contributed by atoms with Crippen LogP contribution < -0.4 is 15.4 Å². The van der Waals surface area contributed by atoms with Gasteiger partial charge in [0.1, 0.15) is 11.4 Å². The molecule has 1 atom stereocenters. The lowest BCUT2D eigenvalue weighted by molar-refractivity contribution is 0.0506. The molecular formula is C16H22N2O3S. The van der Waals surface area contributed by atoms with Crippen molar-refractivity contribution in [3.63, 3.8) is 0 Å². The largest absolute Gasteiger partial charge is 0.497 e. The Kier molecular flexibility index (Phi) is 4.90. The van der Waals surface area contributed by atoms with Crippen LogP contribution in [-0.2, 0) is 11.2 Å². The molecule has 1 amide bonds. The maximum absolute atomic E-state index is 12.0. The highest BCUT2D eigenvalue weighted by molar-refractivity contribution is 7.80. The first-order valence-corrected chi connectivity index (χ1v) is 7.64. The second-order valence-corrected chi connectivity index (χ2v) is 6.82. The van der Waals surface area contributed by atoms with Gasteiger partial charge in [-0.25, -0.2) is 4.79 Å². The monoisotopic (exact) mass is 322 g/mol. The number of rotatable bonds is 2. The maximum atomic E-state index is 12.0. The Labute approximate surface area is 136 Å². The van der Waals surface area contributed by atoms with E-state index in [1.165, 1.54) is 0 Å². The molecule has 1 heterocycles. The van der Waals surface area contributed by atoms with Crippen molar-refractivity contribution < 1.29 is 14.3 Å². The third-order valence-corrected chi connectivity index (χ3v) is 3.47. The van der Waals surface area contributed by atoms with Crippen LogP contribution in [0.3, 0.4) is 0 Å². The number of amides is 1. The van der Waals surface area contributed by atoms with Gasteiger partial charge in [0.2, 0.25) is 0 Å². The Balaban J connectivity index is 2.13. The van der Waals surface area contributed by atoms with E-state index in [0.29, 0.717) is 17.8 Å². The summed E-state index contributed by atoms with van der Waals surface area (Å²) in [4.78, 5) is 12.7. The van der Waals surface area contributed by atoms with Crippen molar-refractivity contribution in [2.24, 2.45) is 0 Å². The van der Waals surface area contributed by atoms with Crippen molar-refractivity contribution in [3.8, 4) is 5.75 Å². The number of anilines is 1. The number of benzene rings is 1. The summed E-state index contributed by atoms with van der Waals surface area (Å²) in [5.41, 5.74) is 1.49. The molecular weight excluding hydrogens is 300 g/mol. The normalized spacial score (nSPS) is 17.8. The molecule has 120 valence electrons. The third-order valence-electron chi connectivity index (χ3n) is 3.21. The van der Waals surface area contributed by atoms with Crippen LogP contribution >= 0.6 is 12.2 Å². The van der Waals surface area contributed by atoms with Crippen LogP contribution in [0.15, 0.2) is 18.2 Å². The minimum atomic E-state index is -0.519. The van der Waals surface area contributed by atoms with Gasteiger partial charge in [0.25, 0.3) is 0 Å². The first-order valence-electron chi connectivity index (χ1n) is 7.23. The zero-order valence-electron chi connectivity index (χ0n) is 13.4. The smallest absolute Gasteiger partial charge is 0.407 e. The van der Waals surface area contributed by atoms with E-state index in [2.05, 4.69) is 10.6 Å². The molecule has 5 nitrogen and oxygen atoms in total. The van der Waals surface area contributed by atoms with Crippen molar-refractivity contribution in [2.45, 2.75) is 45.3 Å². The van der Waals surface area contributed by atoms with Gasteiger partial charge in [0.05, 0.1) is 12.1 Å². The Bertz CT molecular complexity index is 581. The van der Waals surface area contributed by atoms with E-state index in [1.54, 1.807) is 7.11 Å². The van der Waals surface area contributed by atoms with E-state index in [-0.39, 0.29) is 6.04 Å². The van der Waals surface area contributed by atoms with Crippen LogP contribution in [0.2, 0.25) is 0 Å². The van der Waals surface area contributed by atoms with Gasteiger partial charge in [-0.05, 0) is 51.0 Å². The summed E-state index contributed by atoms with van der Waals surface area (Å²) in [5.74, 6) is 0.782. The van der Waals surface area contributed by atoms with Gasteiger partial charge in [-0.15, -0.1) is 0 Å². The summed E-state index contributed by atoms with van der Waals surface area (Å²) in [6.07, 6.45) is 0.816. The maximum Gasteiger partial charge on any atom is 0.407 e. The second kappa shape index (κ2) is 6.52. The number of carbonyl (C=O) groups excluding carboxylic acids is 1. The lowest BCUT2D eigenvalue weighted by Gasteiger charge is -2.23. The number of thiocarbonyl (C=S) groups is 1. The standard InChI is InChI=1S/C16H22N2O3S/c1-16(2,3)21-15(19)17-11-7-10-8-12(20-4)5-6-13(10)18-14(22)9-11/h5-6,8,11H,7,9H2,1-4H3,(H,17,19)(H,18,22). The molecule has 0 bridgehead atoms. The molecule has 1 aliphatic heterocycles. The second-order valence-electron chi connectivity index (χ2n) is 6.32. The van der Waals surface area contributed by atoms with E-state index in [0.717, 1.165) is 17.0 Å². The minimum Gasteiger partial charge on any atom is -0.497 e. The molecule has 0 saturated carbocycles. The van der Waals surface area contributed by atoms with E-state index < -0.39 is 11.7 Å². The summed E-state index contributed by atoms with van der Waals surface area (Å²) in [7, 11) is 1.63. The molecule has 0 aromatic heterocycles. The van der Waals surface area contributed by atoms with Gasteiger partial charge in [-0.2, -0.15) is 0 Å². The highest BCUT2D eigenvalue weighted by atomic mass is 32.1. The Hall–Kier alpha value is -1.82. The lowest BCUT2D eigenvalue weighted by Crippen LogP contribution is -2.41. The molecule has 1 aromatic rings. The van der Waals surface area contributed by atoms with Gasteiger partial charge in [-0.3, -0.25) is 0 Å². The van der Waals surface area contributed by atoms with Gasteiger partial charge >= 0.3 is 6.09 Å². The molecule has 1 aromatic carbocycles. The molecule has 2 N–H and O–H groups in total. The predicted molar refractivity (Wildman–Crippen MR) is 90.7 cm³/mol. The average molecular weight is 322 g/mol. The lowest BCUT2D eigenvalue weighted by atomic mass is 10.0. The van der Waals surface area contributed by atoms with Crippen LogP contribution in [0.25, 0.3) is 0 Å². The third kappa shape index (κ3) is 4.59. The quantitative estimate of drug-likeness (QED) is 0.818. The highest BCUT2D eigenvalue weighted by Crippen LogP contribution is 2.27. The van der Waals surface area contributed by atoms with E-state index in [1.807, 2.05) is 39.0 Å².